The number of fused-ring (bicyclic) bond motifs is 1. The molecule has 10 nitrogen and oxygen atoms in total. The second-order valence-corrected chi connectivity index (χ2v) is 9.74. The molecular weight excluding hydrogens is 506 g/mol. The zero-order chi connectivity index (χ0) is 27.7. The number of rotatable bonds is 7. The fourth-order valence-corrected chi connectivity index (χ4v) is 4.59. The molecule has 2 aliphatic rings. The molecule has 0 aliphatic carbocycles. The monoisotopic (exact) mass is 538 g/mol. The first-order valence-electron chi connectivity index (χ1n) is 12.8. The van der Waals surface area contributed by atoms with Gasteiger partial charge in [0.25, 0.3) is 5.91 Å². The van der Waals surface area contributed by atoms with Crippen LogP contribution in [0, 0.1) is 18.6 Å². The van der Waals surface area contributed by atoms with E-state index in [1.54, 1.807) is 20.2 Å². The number of pyridine rings is 1. The van der Waals surface area contributed by atoms with E-state index >= 15 is 4.39 Å². The van der Waals surface area contributed by atoms with Gasteiger partial charge in [0, 0.05) is 56.9 Å². The highest BCUT2D eigenvalue weighted by atomic mass is 19.1. The van der Waals surface area contributed by atoms with Crippen molar-refractivity contribution in [3.63, 3.8) is 0 Å². The molecule has 1 saturated heterocycles. The highest BCUT2D eigenvalue weighted by Crippen LogP contribution is 2.32. The van der Waals surface area contributed by atoms with Gasteiger partial charge >= 0.3 is 0 Å². The number of likely N-dealkylation sites (N-methyl/N-ethyl adjacent to an activating group) is 2. The fraction of sp³-hybridized carbons (Fsp3) is 0.370. The molecule has 2 aromatic heterocycles. The summed E-state index contributed by atoms with van der Waals surface area (Å²) in [6.07, 6.45) is 2.25. The fourth-order valence-electron chi connectivity index (χ4n) is 4.59. The van der Waals surface area contributed by atoms with Crippen molar-refractivity contribution in [1.82, 2.24) is 25.1 Å². The van der Waals surface area contributed by atoms with E-state index in [2.05, 4.69) is 42.4 Å². The SMILES string of the molecule is CCN(C)C(=O)C1=C(Oc2cc(F)c3[nH]c(C)cc3c2F)NC=N[C@@H]1Nc1ccc(N2CCN(C)CC2)cn1. The van der Waals surface area contributed by atoms with Crippen molar-refractivity contribution >= 4 is 34.7 Å². The summed E-state index contributed by atoms with van der Waals surface area (Å²) in [4.78, 5) is 31.2. The number of halogens is 2. The van der Waals surface area contributed by atoms with Crippen LogP contribution in [0.3, 0.4) is 0 Å². The number of carbonyl (C=O) groups excluding carboxylic acids is 1. The molecule has 5 rings (SSSR count). The normalized spacial score (nSPS) is 17.9. The summed E-state index contributed by atoms with van der Waals surface area (Å²) < 4.78 is 35.9. The molecule has 0 radical (unpaired) electrons. The maximum Gasteiger partial charge on any atom is 0.259 e. The first kappa shape index (κ1) is 26.4. The van der Waals surface area contributed by atoms with E-state index < -0.39 is 17.8 Å². The number of carbonyl (C=O) groups is 1. The molecule has 1 atom stereocenters. The minimum absolute atomic E-state index is 0.0493. The molecular formula is C27H32F2N8O2. The van der Waals surface area contributed by atoms with Crippen LogP contribution in [-0.2, 0) is 4.79 Å². The second kappa shape index (κ2) is 10.9. The van der Waals surface area contributed by atoms with Crippen molar-refractivity contribution < 1.29 is 18.3 Å². The third kappa shape index (κ3) is 5.37. The number of hydrogen-bond donors (Lipinski definition) is 3. The molecule has 0 bridgehead atoms. The van der Waals surface area contributed by atoms with Gasteiger partial charge in [0.05, 0.1) is 23.7 Å². The summed E-state index contributed by atoms with van der Waals surface area (Å²) in [5.74, 6) is -1.70. The lowest BCUT2D eigenvalue weighted by Gasteiger charge is -2.33. The van der Waals surface area contributed by atoms with Crippen LogP contribution >= 0.6 is 0 Å². The maximum atomic E-state index is 15.3. The quantitative estimate of drug-likeness (QED) is 0.425. The summed E-state index contributed by atoms with van der Waals surface area (Å²) in [5, 5.41) is 6.03. The molecule has 2 aliphatic heterocycles. The first-order chi connectivity index (χ1) is 18.7. The average Bonchev–Trinajstić information content (AvgIpc) is 3.34. The van der Waals surface area contributed by atoms with Crippen LogP contribution in [0.25, 0.3) is 10.9 Å². The summed E-state index contributed by atoms with van der Waals surface area (Å²) in [7, 11) is 3.74. The van der Waals surface area contributed by atoms with E-state index in [1.165, 1.54) is 17.3 Å². The number of aliphatic imine (C=N–C) groups is 1. The number of piperazine rings is 1. The summed E-state index contributed by atoms with van der Waals surface area (Å²) in [5.41, 5.74) is 1.78. The number of aromatic amines is 1. The predicted octanol–water partition coefficient (Wildman–Crippen LogP) is 3.04. The molecule has 3 aromatic rings. The number of hydrogen-bond acceptors (Lipinski definition) is 8. The molecule has 39 heavy (non-hydrogen) atoms. The van der Waals surface area contributed by atoms with Gasteiger partial charge < -0.3 is 35.1 Å². The van der Waals surface area contributed by atoms with Crippen molar-refractivity contribution in [1.29, 1.82) is 0 Å². The molecule has 1 aromatic carbocycles. The van der Waals surface area contributed by atoms with Gasteiger partial charge in [-0.05, 0) is 39.1 Å². The van der Waals surface area contributed by atoms with Crippen molar-refractivity contribution in [2.45, 2.75) is 20.0 Å². The molecule has 1 fully saturated rings. The number of H-pyrrole nitrogens is 1. The largest absolute Gasteiger partial charge is 0.437 e. The van der Waals surface area contributed by atoms with Crippen LogP contribution in [0.2, 0.25) is 0 Å². The van der Waals surface area contributed by atoms with E-state index in [0.717, 1.165) is 37.9 Å². The molecule has 206 valence electrons. The van der Waals surface area contributed by atoms with Gasteiger partial charge in [-0.1, -0.05) is 0 Å². The molecule has 0 unspecified atom stereocenters. The van der Waals surface area contributed by atoms with Gasteiger partial charge in [0.1, 0.15) is 11.4 Å². The number of nitrogens with zero attached hydrogens (tertiary/aromatic N) is 5. The lowest BCUT2D eigenvalue weighted by molar-refractivity contribution is -0.126. The van der Waals surface area contributed by atoms with Gasteiger partial charge in [-0.2, -0.15) is 0 Å². The number of anilines is 2. The first-order valence-corrected chi connectivity index (χ1v) is 12.8. The Labute approximate surface area is 225 Å². The van der Waals surface area contributed by atoms with Crippen LogP contribution in [0.4, 0.5) is 20.3 Å². The number of amides is 1. The maximum absolute atomic E-state index is 15.3. The van der Waals surface area contributed by atoms with Gasteiger partial charge in [-0.15, -0.1) is 0 Å². The molecule has 1 amide bonds. The lowest BCUT2D eigenvalue weighted by atomic mass is 10.1. The van der Waals surface area contributed by atoms with Crippen LogP contribution < -0.4 is 20.3 Å². The number of benzene rings is 1. The zero-order valence-corrected chi connectivity index (χ0v) is 22.4. The van der Waals surface area contributed by atoms with Crippen molar-refractivity contribution in [3.8, 4) is 5.75 Å². The Kier molecular flexibility index (Phi) is 7.38. The van der Waals surface area contributed by atoms with Crippen LogP contribution in [0.5, 0.6) is 5.75 Å². The van der Waals surface area contributed by atoms with E-state index in [4.69, 9.17) is 4.74 Å². The minimum atomic E-state index is -0.879. The van der Waals surface area contributed by atoms with E-state index in [0.29, 0.717) is 18.1 Å². The van der Waals surface area contributed by atoms with Gasteiger partial charge in [-0.3, -0.25) is 4.79 Å². The van der Waals surface area contributed by atoms with Crippen LogP contribution in [-0.4, -0.2) is 85.0 Å². The molecule has 0 spiro atoms. The second-order valence-electron chi connectivity index (χ2n) is 9.74. The Hall–Kier alpha value is -4.19. The van der Waals surface area contributed by atoms with Gasteiger partial charge in [-0.25, -0.2) is 18.8 Å². The third-order valence-electron chi connectivity index (χ3n) is 7.00. The Morgan fingerprint density at radius 3 is 2.69 bits per heavy atom. The molecule has 3 N–H and O–H groups in total. The number of ether oxygens (including phenoxy) is 1. The zero-order valence-electron chi connectivity index (χ0n) is 22.4. The Balaban J connectivity index is 1.44. The van der Waals surface area contributed by atoms with Crippen LogP contribution in [0.1, 0.15) is 12.6 Å². The Bertz CT molecular complexity index is 1430. The summed E-state index contributed by atoms with van der Waals surface area (Å²) >= 11 is 0. The van der Waals surface area contributed by atoms with Crippen molar-refractivity contribution in [2.24, 2.45) is 4.99 Å². The number of aromatic nitrogens is 2. The van der Waals surface area contributed by atoms with Crippen molar-refractivity contribution in [3.05, 3.63) is 59.2 Å². The standard InChI is InChI=1S/C27H32F2N8O2/c1-5-36(4)27(38)22-25(34-21-7-6-17(14-30-21)37-10-8-35(3)9-11-37)31-15-32-26(22)39-20-13-19(28)24-18(23(20)29)12-16(2)33-24/h6-7,12-15,25,33H,5,8-11H2,1-4H3,(H,30,34)(H,31,32)/t25-/m1/s1. The van der Waals surface area contributed by atoms with Crippen molar-refractivity contribution in [2.75, 3.05) is 57.0 Å². The minimum Gasteiger partial charge on any atom is -0.437 e. The Morgan fingerprint density at radius 1 is 1.23 bits per heavy atom. The molecule has 12 heteroatoms. The van der Waals surface area contributed by atoms with E-state index in [1.807, 2.05) is 19.1 Å². The van der Waals surface area contributed by atoms with Crippen LogP contribution in [0.15, 0.2) is 46.9 Å². The topological polar surface area (TPSA) is 101 Å². The number of aryl methyl sites for hydroxylation is 1. The predicted molar refractivity (Wildman–Crippen MR) is 147 cm³/mol. The highest BCUT2D eigenvalue weighted by Gasteiger charge is 2.32. The summed E-state index contributed by atoms with van der Waals surface area (Å²) in [6.45, 7) is 7.75. The molecule has 4 heterocycles. The highest BCUT2D eigenvalue weighted by molar-refractivity contribution is 5.97. The Morgan fingerprint density at radius 2 is 2.00 bits per heavy atom. The lowest BCUT2D eigenvalue weighted by Crippen LogP contribution is -2.44. The molecule has 0 saturated carbocycles. The smallest absolute Gasteiger partial charge is 0.259 e. The average molecular weight is 539 g/mol. The van der Waals surface area contributed by atoms with E-state index in [9.17, 15) is 9.18 Å². The van der Waals surface area contributed by atoms with Gasteiger partial charge in [0.2, 0.25) is 5.88 Å². The summed E-state index contributed by atoms with van der Waals surface area (Å²) in [6, 6.07) is 6.26. The van der Waals surface area contributed by atoms with Gasteiger partial charge in [0.15, 0.2) is 23.5 Å². The third-order valence-corrected chi connectivity index (χ3v) is 7.00. The number of nitrogens with one attached hydrogen (secondary N) is 3. The van der Waals surface area contributed by atoms with E-state index in [-0.39, 0.29) is 34.0 Å².